The Kier molecular flexibility index (Phi) is 3.44. The lowest BCUT2D eigenvalue weighted by Crippen LogP contribution is -2.07. The maximum Gasteiger partial charge on any atom is 0.432 e. The highest BCUT2D eigenvalue weighted by Gasteiger charge is 2.33. The van der Waals surface area contributed by atoms with Gasteiger partial charge in [0.25, 0.3) is 0 Å². The van der Waals surface area contributed by atoms with Gasteiger partial charge >= 0.3 is 6.18 Å². The molecule has 0 radical (unpaired) electrons. The largest absolute Gasteiger partial charge is 0.432 e. The minimum absolute atomic E-state index is 0.000661. The fourth-order valence-electron chi connectivity index (χ4n) is 1.36. The van der Waals surface area contributed by atoms with Crippen LogP contribution in [0.4, 0.5) is 13.2 Å². The molecule has 1 heterocycles. The van der Waals surface area contributed by atoms with Crippen LogP contribution in [-0.2, 0) is 6.18 Å². The van der Waals surface area contributed by atoms with E-state index in [0.29, 0.717) is 10.7 Å². The van der Waals surface area contributed by atoms with Gasteiger partial charge in [-0.05, 0) is 18.2 Å². The number of benzene rings is 1. The van der Waals surface area contributed by atoms with Crippen LogP contribution in [0.3, 0.4) is 0 Å². The van der Waals surface area contributed by atoms with Gasteiger partial charge in [-0.2, -0.15) is 13.2 Å². The molecule has 1 N–H and O–H groups in total. The summed E-state index contributed by atoms with van der Waals surface area (Å²) in [6, 6.07) is 5.27. The quantitative estimate of drug-likeness (QED) is 0.746. The highest BCUT2D eigenvalue weighted by atomic mass is 35.5. The first-order valence-electron chi connectivity index (χ1n) is 4.64. The third-order valence-corrected chi connectivity index (χ3v) is 3.23. The van der Waals surface area contributed by atoms with Crippen molar-refractivity contribution in [2.75, 3.05) is 0 Å². The van der Waals surface area contributed by atoms with Crippen LogP contribution in [0.15, 0.2) is 24.3 Å². The van der Waals surface area contributed by atoms with E-state index in [-0.39, 0.29) is 9.66 Å². The summed E-state index contributed by atoms with van der Waals surface area (Å²) in [5, 5.41) is 2.72. The first-order chi connectivity index (χ1) is 8.29. The van der Waals surface area contributed by atoms with Crippen LogP contribution in [0.2, 0.25) is 10.0 Å². The molecule has 0 bridgehead atoms. The molecule has 0 aliphatic rings. The molecule has 0 saturated heterocycles. The lowest BCUT2D eigenvalue weighted by atomic mass is 10.3. The number of H-pyrrole nitrogens is 1. The summed E-state index contributed by atoms with van der Waals surface area (Å²) < 4.78 is 38.6. The topological polar surface area (TPSA) is 20.7 Å². The maximum absolute atomic E-state index is 12.5. The van der Waals surface area contributed by atoms with Gasteiger partial charge in [0.15, 0.2) is 0 Å². The fourth-order valence-corrected chi connectivity index (χ4v) is 1.92. The van der Waals surface area contributed by atoms with E-state index in [0.717, 1.165) is 10.7 Å². The van der Waals surface area contributed by atoms with Crippen molar-refractivity contribution in [3.05, 3.63) is 44.6 Å². The van der Waals surface area contributed by atoms with Crippen LogP contribution in [0, 0.1) is 4.64 Å². The van der Waals surface area contributed by atoms with E-state index >= 15 is 0 Å². The zero-order chi connectivity index (χ0) is 13.5. The maximum atomic E-state index is 12.5. The molecule has 2 rings (SSSR count). The van der Waals surface area contributed by atoms with Crippen LogP contribution < -0.4 is 0 Å². The van der Waals surface area contributed by atoms with Gasteiger partial charge in [-0.3, -0.25) is 5.10 Å². The molecule has 0 saturated carbocycles. The summed E-state index contributed by atoms with van der Waals surface area (Å²) in [5.41, 5.74) is -0.538. The van der Waals surface area contributed by atoms with Crippen LogP contribution >= 0.6 is 35.4 Å². The second kappa shape index (κ2) is 4.60. The molecule has 2 nitrogen and oxygen atoms in total. The summed E-state index contributed by atoms with van der Waals surface area (Å²) in [6.45, 7) is 0. The Morgan fingerprint density at radius 3 is 2.28 bits per heavy atom. The molecule has 0 spiro atoms. The van der Waals surface area contributed by atoms with Gasteiger partial charge < -0.3 is 0 Å². The van der Waals surface area contributed by atoms with Gasteiger partial charge in [-0.25, -0.2) is 4.68 Å². The molecule has 1 aromatic heterocycles. The predicted octanol–water partition coefficient (Wildman–Crippen LogP) is 4.86. The van der Waals surface area contributed by atoms with Crippen molar-refractivity contribution in [2.24, 2.45) is 0 Å². The van der Waals surface area contributed by atoms with Gasteiger partial charge in [0.05, 0.1) is 15.7 Å². The van der Waals surface area contributed by atoms with Gasteiger partial charge in [0.2, 0.25) is 0 Å². The molecule has 0 aliphatic carbocycles. The van der Waals surface area contributed by atoms with Crippen LogP contribution in [0.25, 0.3) is 5.69 Å². The van der Waals surface area contributed by atoms with Gasteiger partial charge in [-0.1, -0.05) is 35.4 Å². The first kappa shape index (κ1) is 13.5. The first-order valence-corrected chi connectivity index (χ1v) is 5.80. The standard InChI is InChI=1S/C10H5Cl2F3N2S/c11-6-2-1-5(3-7(6)12)17-9(18)4-8(16-17)10(13,14)15/h1-4,16H. The number of aromatic nitrogens is 2. The molecule has 0 aliphatic heterocycles. The minimum atomic E-state index is -4.48. The number of alkyl halides is 3. The predicted molar refractivity (Wildman–Crippen MR) is 66.0 cm³/mol. The third-order valence-electron chi connectivity index (χ3n) is 2.19. The molecule has 0 amide bonds. The number of halogens is 5. The Bertz CT molecular complexity index is 645. The number of hydrogen-bond donors (Lipinski definition) is 1. The fraction of sp³-hybridized carbons (Fsp3) is 0.100. The van der Waals surface area contributed by atoms with Crippen molar-refractivity contribution >= 4 is 35.4 Å². The Morgan fingerprint density at radius 1 is 1.11 bits per heavy atom. The van der Waals surface area contributed by atoms with Crippen LogP contribution in [0.5, 0.6) is 0 Å². The molecular weight excluding hydrogens is 308 g/mol. The molecule has 8 heteroatoms. The average Bonchev–Trinajstić information content (AvgIpc) is 2.64. The van der Waals surface area contributed by atoms with Crippen molar-refractivity contribution in [1.29, 1.82) is 0 Å². The number of nitrogens with one attached hydrogen (secondary N) is 1. The van der Waals surface area contributed by atoms with Crippen molar-refractivity contribution in [3.8, 4) is 5.69 Å². The van der Waals surface area contributed by atoms with Crippen molar-refractivity contribution in [2.45, 2.75) is 6.18 Å². The van der Waals surface area contributed by atoms with E-state index in [9.17, 15) is 13.2 Å². The number of nitrogens with zero attached hydrogens (tertiary/aromatic N) is 1. The highest BCUT2D eigenvalue weighted by Crippen LogP contribution is 2.29. The molecule has 2 aromatic rings. The second-order valence-electron chi connectivity index (χ2n) is 3.44. The van der Waals surface area contributed by atoms with E-state index in [1.165, 1.54) is 18.2 Å². The van der Waals surface area contributed by atoms with E-state index in [1.54, 1.807) is 0 Å². The molecule has 1 aromatic carbocycles. The van der Waals surface area contributed by atoms with Crippen molar-refractivity contribution < 1.29 is 13.2 Å². The van der Waals surface area contributed by atoms with E-state index in [1.807, 2.05) is 0 Å². The monoisotopic (exact) mass is 312 g/mol. The zero-order valence-corrected chi connectivity index (χ0v) is 10.9. The number of rotatable bonds is 1. The van der Waals surface area contributed by atoms with Gasteiger partial charge in [0.1, 0.15) is 10.3 Å². The summed E-state index contributed by atoms with van der Waals surface area (Å²) in [7, 11) is 0. The Morgan fingerprint density at radius 2 is 1.78 bits per heavy atom. The molecule has 18 heavy (non-hydrogen) atoms. The summed E-state index contributed by atoms with van der Waals surface area (Å²) in [6.07, 6.45) is -4.48. The molecule has 0 unspecified atom stereocenters. The van der Waals surface area contributed by atoms with Crippen molar-refractivity contribution in [3.63, 3.8) is 0 Å². The number of hydrogen-bond acceptors (Lipinski definition) is 1. The average molecular weight is 313 g/mol. The molecule has 96 valence electrons. The Labute approximate surface area is 115 Å². The van der Waals surface area contributed by atoms with Crippen LogP contribution in [0.1, 0.15) is 5.69 Å². The second-order valence-corrected chi connectivity index (χ2v) is 4.67. The molecular formula is C10H5Cl2F3N2S. The molecule has 0 atom stereocenters. The van der Waals surface area contributed by atoms with Crippen molar-refractivity contribution in [1.82, 2.24) is 9.78 Å². The summed E-state index contributed by atoms with van der Waals surface area (Å²) in [5.74, 6) is 0. The van der Waals surface area contributed by atoms with E-state index in [2.05, 4.69) is 5.10 Å². The molecule has 0 fully saturated rings. The SMILES string of the molecule is FC(F)(F)c1cc(=S)n(-c2ccc(Cl)c(Cl)c2)[nH]1. The normalized spacial score (nSPS) is 11.8. The highest BCUT2D eigenvalue weighted by molar-refractivity contribution is 7.71. The minimum Gasteiger partial charge on any atom is -0.288 e. The van der Waals surface area contributed by atoms with E-state index < -0.39 is 11.9 Å². The van der Waals surface area contributed by atoms with Crippen LogP contribution in [-0.4, -0.2) is 9.78 Å². The Balaban J connectivity index is 2.55. The number of aromatic amines is 1. The van der Waals surface area contributed by atoms with Gasteiger partial charge in [0, 0.05) is 6.07 Å². The summed E-state index contributed by atoms with van der Waals surface area (Å²) in [4.78, 5) is 0. The third kappa shape index (κ3) is 2.55. The smallest absolute Gasteiger partial charge is 0.288 e. The lowest BCUT2D eigenvalue weighted by Gasteiger charge is -2.06. The lowest BCUT2D eigenvalue weighted by molar-refractivity contribution is -0.141. The Hall–Kier alpha value is -0.980. The van der Waals surface area contributed by atoms with Gasteiger partial charge in [-0.15, -0.1) is 0 Å². The summed E-state index contributed by atoms with van der Waals surface area (Å²) >= 11 is 16.4. The van der Waals surface area contributed by atoms with E-state index in [4.69, 9.17) is 35.4 Å². The zero-order valence-electron chi connectivity index (χ0n) is 8.55.